The summed E-state index contributed by atoms with van der Waals surface area (Å²) in [7, 11) is 0. The number of carbonyl (C=O) groups is 1. The van der Waals surface area contributed by atoms with Gasteiger partial charge in [0, 0.05) is 0 Å². The number of rotatable bonds is 4. The zero-order valence-electron chi connectivity index (χ0n) is 5.31. The predicted octanol–water partition coefficient (Wildman–Crippen LogP) is -0.499. The number of nitrogens with one attached hydrogen (secondary N) is 2. The minimum absolute atomic E-state index is 0.542. The number of carbonyl (C=O) groups excluding carboxylic acids is 1. The van der Waals surface area contributed by atoms with Gasteiger partial charge in [0.05, 0.1) is 6.61 Å². The number of urea groups is 1. The highest BCUT2D eigenvalue weighted by molar-refractivity contribution is 5.70. The minimum atomic E-state index is -0.661. The maximum Gasteiger partial charge on any atom is 0.328 e. The van der Waals surface area contributed by atoms with E-state index in [2.05, 4.69) is 16.2 Å². The Labute approximate surface area is 53.5 Å². The number of hydrazine groups is 1. The first-order valence-corrected chi connectivity index (χ1v) is 2.69. The van der Waals surface area contributed by atoms with E-state index in [0.29, 0.717) is 6.61 Å². The molecule has 9 heavy (non-hydrogen) atoms. The van der Waals surface area contributed by atoms with E-state index in [1.54, 1.807) is 0 Å². The van der Waals surface area contributed by atoms with Crippen LogP contribution in [0.25, 0.3) is 0 Å². The summed E-state index contributed by atoms with van der Waals surface area (Å²) in [4.78, 5) is 14.6. The first-order valence-electron chi connectivity index (χ1n) is 2.69. The summed E-state index contributed by atoms with van der Waals surface area (Å²) in [6.45, 7) is 2.49. The van der Waals surface area contributed by atoms with Gasteiger partial charge in [0.2, 0.25) is 0 Å². The standard InChI is InChI=1S/C4H11N3O2/c1-2-3-9-7-6-4(5)8/h7H,2-3H2,1H3,(H3,5,6,8). The summed E-state index contributed by atoms with van der Waals surface area (Å²) >= 11 is 0. The Morgan fingerprint density at radius 3 is 2.89 bits per heavy atom. The third-order valence-electron chi connectivity index (χ3n) is 0.553. The van der Waals surface area contributed by atoms with Crippen molar-refractivity contribution in [3.05, 3.63) is 0 Å². The van der Waals surface area contributed by atoms with Gasteiger partial charge in [0.25, 0.3) is 0 Å². The maximum atomic E-state index is 9.93. The number of amides is 2. The normalized spacial score (nSPS) is 9.00. The van der Waals surface area contributed by atoms with Gasteiger partial charge in [-0.3, -0.25) is 10.3 Å². The smallest absolute Gasteiger partial charge is 0.328 e. The van der Waals surface area contributed by atoms with Crippen LogP contribution in [-0.2, 0) is 4.84 Å². The summed E-state index contributed by atoms with van der Waals surface area (Å²) in [6.07, 6.45) is 0.882. The topological polar surface area (TPSA) is 76.4 Å². The van der Waals surface area contributed by atoms with Gasteiger partial charge in [-0.05, 0) is 6.42 Å². The van der Waals surface area contributed by atoms with Crippen LogP contribution in [0.1, 0.15) is 13.3 Å². The highest BCUT2D eigenvalue weighted by Gasteiger charge is 1.86. The van der Waals surface area contributed by atoms with E-state index in [-0.39, 0.29) is 0 Å². The molecule has 0 aliphatic rings. The lowest BCUT2D eigenvalue weighted by Crippen LogP contribution is -2.41. The van der Waals surface area contributed by atoms with Gasteiger partial charge < -0.3 is 5.73 Å². The van der Waals surface area contributed by atoms with Crippen LogP contribution in [0.5, 0.6) is 0 Å². The van der Waals surface area contributed by atoms with E-state index < -0.39 is 6.03 Å². The Bertz CT molecular complexity index is 85.9. The first kappa shape index (κ1) is 8.19. The van der Waals surface area contributed by atoms with Crippen LogP contribution in [-0.4, -0.2) is 12.6 Å². The molecule has 54 valence electrons. The fourth-order valence-corrected chi connectivity index (χ4v) is 0.239. The molecule has 0 spiro atoms. The van der Waals surface area contributed by atoms with E-state index in [0.717, 1.165) is 6.42 Å². The summed E-state index contributed by atoms with van der Waals surface area (Å²) < 4.78 is 0. The minimum Gasteiger partial charge on any atom is -0.350 e. The zero-order valence-corrected chi connectivity index (χ0v) is 5.31. The molecule has 0 aliphatic heterocycles. The molecule has 2 amide bonds. The number of nitrogens with two attached hydrogens (primary N) is 1. The second-order valence-electron chi connectivity index (χ2n) is 1.44. The Kier molecular flexibility index (Phi) is 4.85. The molecule has 4 N–H and O–H groups in total. The van der Waals surface area contributed by atoms with Crippen molar-refractivity contribution in [2.75, 3.05) is 6.61 Å². The summed E-state index contributed by atoms with van der Waals surface area (Å²) in [5.74, 6) is 0. The van der Waals surface area contributed by atoms with Gasteiger partial charge in [-0.15, -0.1) is 5.59 Å². The van der Waals surface area contributed by atoms with Crippen molar-refractivity contribution < 1.29 is 9.63 Å². The Morgan fingerprint density at radius 1 is 1.78 bits per heavy atom. The number of hydrogen-bond acceptors (Lipinski definition) is 3. The van der Waals surface area contributed by atoms with Crippen LogP contribution in [0.3, 0.4) is 0 Å². The molecule has 5 heteroatoms. The highest BCUT2D eigenvalue weighted by atomic mass is 16.7. The molecule has 0 heterocycles. The quantitative estimate of drug-likeness (QED) is 0.357. The summed E-state index contributed by atoms with van der Waals surface area (Å²) in [5, 5.41) is 0. The third kappa shape index (κ3) is 7.19. The van der Waals surface area contributed by atoms with Crippen LogP contribution in [0.2, 0.25) is 0 Å². The fourth-order valence-electron chi connectivity index (χ4n) is 0.239. The molecule has 0 aromatic rings. The lowest BCUT2D eigenvalue weighted by Gasteiger charge is -2.01. The second-order valence-corrected chi connectivity index (χ2v) is 1.44. The molecule has 0 aromatic heterocycles. The molecule has 0 bridgehead atoms. The van der Waals surface area contributed by atoms with Crippen molar-refractivity contribution in [3.8, 4) is 0 Å². The molecule has 0 aromatic carbocycles. The predicted molar refractivity (Wildman–Crippen MR) is 32.1 cm³/mol. The largest absolute Gasteiger partial charge is 0.350 e. The van der Waals surface area contributed by atoms with Crippen LogP contribution in [0, 0.1) is 0 Å². The molecule has 0 saturated heterocycles. The molecule has 0 rings (SSSR count). The molecule has 5 nitrogen and oxygen atoms in total. The zero-order chi connectivity index (χ0) is 7.11. The third-order valence-corrected chi connectivity index (χ3v) is 0.553. The van der Waals surface area contributed by atoms with Gasteiger partial charge in [-0.1, -0.05) is 6.92 Å². The van der Waals surface area contributed by atoms with Gasteiger partial charge >= 0.3 is 6.03 Å². The van der Waals surface area contributed by atoms with Crippen molar-refractivity contribution in [1.29, 1.82) is 0 Å². The number of primary amides is 1. The monoisotopic (exact) mass is 133 g/mol. The average Bonchev–Trinajstić information content (AvgIpc) is 1.80. The van der Waals surface area contributed by atoms with Gasteiger partial charge in [0.1, 0.15) is 0 Å². The molecule has 0 atom stereocenters. The van der Waals surface area contributed by atoms with Gasteiger partial charge in [-0.2, -0.15) is 0 Å². The number of hydrogen-bond donors (Lipinski definition) is 3. The van der Waals surface area contributed by atoms with Crippen LogP contribution in [0.15, 0.2) is 0 Å². The molecular weight excluding hydrogens is 122 g/mol. The van der Waals surface area contributed by atoms with E-state index in [4.69, 9.17) is 0 Å². The second kappa shape index (κ2) is 5.33. The molecule has 0 unspecified atom stereocenters. The fraction of sp³-hybridized carbons (Fsp3) is 0.750. The molecule has 0 fully saturated rings. The lowest BCUT2D eigenvalue weighted by molar-refractivity contribution is 0.0206. The van der Waals surface area contributed by atoms with Crippen LogP contribution >= 0.6 is 0 Å². The van der Waals surface area contributed by atoms with Crippen molar-refractivity contribution in [2.45, 2.75) is 13.3 Å². The van der Waals surface area contributed by atoms with Gasteiger partial charge in [-0.25, -0.2) is 4.79 Å². The van der Waals surface area contributed by atoms with Crippen molar-refractivity contribution in [3.63, 3.8) is 0 Å². The SMILES string of the molecule is CCCONNC(N)=O. The average molecular weight is 133 g/mol. The van der Waals surface area contributed by atoms with Crippen LogP contribution in [0.4, 0.5) is 4.79 Å². The Balaban J connectivity index is 2.83. The molecule has 0 aliphatic carbocycles. The van der Waals surface area contributed by atoms with Crippen molar-refractivity contribution >= 4 is 6.03 Å². The molecule has 0 saturated carbocycles. The van der Waals surface area contributed by atoms with E-state index >= 15 is 0 Å². The summed E-state index contributed by atoms with van der Waals surface area (Å²) in [6, 6.07) is -0.661. The van der Waals surface area contributed by atoms with E-state index in [1.807, 2.05) is 12.3 Å². The highest BCUT2D eigenvalue weighted by Crippen LogP contribution is 1.71. The van der Waals surface area contributed by atoms with E-state index in [9.17, 15) is 4.79 Å². The van der Waals surface area contributed by atoms with Gasteiger partial charge in [0.15, 0.2) is 0 Å². The van der Waals surface area contributed by atoms with E-state index in [1.165, 1.54) is 0 Å². The first-order chi connectivity index (χ1) is 4.27. The molecule has 0 radical (unpaired) electrons. The Hall–Kier alpha value is -0.810. The van der Waals surface area contributed by atoms with Crippen molar-refractivity contribution in [2.24, 2.45) is 5.73 Å². The maximum absolute atomic E-state index is 9.93. The van der Waals surface area contributed by atoms with Crippen molar-refractivity contribution in [1.82, 2.24) is 11.0 Å². The summed E-state index contributed by atoms with van der Waals surface area (Å²) in [5.41, 5.74) is 8.89. The Morgan fingerprint density at radius 2 is 2.44 bits per heavy atom. The lowest BCUT2D eigenvalue weighted by atomic mass is 10.5. The van der Waals surface area contributed by atoms with Crippen LogP contribution < -0.4 is 16.7 Å². The molecular formula is C4H11N3O2.